The van der Waals surface area contributed by atoms with E-state index in [1.54, 1.807) is 4.90 Å². The first-order chi connectivity index (χ1) is 11.0. The first-order valence-electron chi connectivity index (χ1n) is 7.57. The average Bonchev–Trinajstić information content (AvgIpc) is 3.15. The molecular weight excluding hydrogens is 383 g/mol. The number of halogens is 2. The van der Waals surface area contributed by atoms with E-state index in [2.05, 4.69) is 4.98 Å². The van der Waals surface area contributed by atoms with Crippen molar-refractivity contribution in [3.05, 3.63) is 51.5 Å². The normalized spacial score (nSPS) is 16.0. The van der Waals surface area contributed by atoms with E-state index in [0.29, 0.717) is 30.8 Å². The zero-order valence-corrected chi connectivity index (χ0v) is 16.1. The first kappa shape index (κ1) is 21.4. The van der Waals surface area contributed by atoms with Gasteiger partial charge in [0, 0.05) is 19.5 Å². The second kappa shape index (κ2) is 9.17. The third-order valence-electron chi connectivity index (χ3n) is 4.06. The van der Waals surface area contributed by atoms with Crippen LogP contribution in [0.5, 0.6) is 0 Å². The van der Waals surface area contributed by atoms with Crippen LogP contribution in [0, 0.1) is 12.8 Å². The third-order valence-corrected chi connectivity index (χ3v) is 5.20. The lowest BCUT2D eigenvalue weighted by Crippen LogP contribution is -2.29. The smallest absolute Gasteiger partial charge is 0.308 e. The molecule has 1 N–H and O–H groups in total. The van der Waals surface area contributed by atoms with Crippen molar-refractivity contribution in [2.75, 3.05) is 13.1 Å². The maximum Gasteiger partial charge on any atom is 0.308 e. The second-order valence-corrected chi connectivity index (χ2v) is 6.84. The molecule has 1 aliphatic heterocycles. The molecule has 0 aliphatic carbocycles. The number of amides is 1. The number of aryl methyl sites for hydroxylation is 1. The van der Waals surface area contributed by atoms with E-state index in [9.17, 15) is 9.59 Å². The van der Waals surface area contributed by atoms with Gasteiger partial charge in [-0.15, -0.1) is 36.2 Å². The highest BCUT2D eigenvalue weighted by Crippen LogP contribution is 2.25. The van der Waals surface area contributed by atoms with Crippen molar-refractivity contribution in [3.63, 3.8) is 0 Å². The Kier molecular flexibility index (Phi) is 7.86. The lowest BCUT2D eigenvalue weighted by Gasteiger charge is -2.14. The first-order valence-corrected chi connectivity index (χ1v) is 8.38. The van der Waals surface area contributed by atoms with E-state index < -0.39 is 11.9 Å². The number of carbonyl (C=O) groups excluding carboxylic acids is 1. The number of likely N-dealkylation sites (tertiary alicyclic amines) is 1. The van der Waals surface area contributed by atoms with Gasteiger partial charge >= 0.3 is 5.97 Å². The summed E-state index contributed by atoms with van der Waals surface area (Å²) in [6.45, 7) is 2.63. The summed E-state index contributed by atoms with van der Waals surface area (Å²) < 4.78 is 0. The van der Waals surface area contributed by atoms with E-state index in [-0.39, 0.29) is 30.7 Å². The molecule has 1 aliphatic rings. The SMILES string of the molecule is Cc1nc(Cc2ccccc2)sc1C(=O)N1CCC(C(=O)O)C1.Cl.Cl. The second-order valence-electron chi connectivity index (χ2n) is 5.76. The summed E-state index contributed by atoms with van der Waals surface area (Å²) in [7, 11) is 0. The molecule has 1 aromatic heterocycles. The predicted molar refractivity (Wildman–Crippen MR) is 102 cm³/mol. The fourth-order valence-corrected chi connectivity index (χ4v) is 3.85. The Balaban J connectivity index is 0.00000156. The minimum Gasteiger partial charge on any atom is -0.481 e. The highest BCUT2D eigenvalue weighted by Gasteiger charge is 2.32. The van der Waals surface area contributed by atoms with Crippen molar-refractivity contribution in [1.82, 2.24) is 9.88 Å². The predicted octanol–water partition coefficient (Wildman–Crippen LogP) is 3.43. The molecule has 1 aromatic carbocycles. The van der Waals surface area contributed by atoms with Crippen LogP contribution in [0.3, 0.4) is 0 Å². The van der Waals surface area contributed by atoms with Crippen LogP contribution in [0.4, 0.5) is 0 Å². The lowest BCUT2D eigenvalue weighted by molar-refractivity contribution is -0.141. The number of aliphatic carboxylic acids is 1. The number of carbonyl (C=O) groups is 2. The molecule has 1 amide bonds. The number of nitrogens with zero attached hydrogens (tertiary/aromatic N) is 2. The maximum atomic E-state index is 12.6. The van der Waals surface area contributed by atoms with Gasteiger partial charge in [-0.1, -0.05) is 30.3 Å². The number of thiazole rings is 1. The third kappa shape index (κ3) is 4.93. The van der Waals surface area contributed by atoms with Gasteiger partial charge in [-0.25, -0.2) is 4.98 Å². The van der Waals surface area contributed by atoms with Gasteiger partial charge < -0.3 is 10.0 Å². The Morgan fingerprint density at radius 3 is 2.56 bits per heavy atom. The molecular formula is C17H20Cl2N2O3S. The van der Waals surface area contributed by atoms with E-state index in [0.717, 1.165) is 16.3 Å². The summed E-state index contributed by atoms with van der Waals surface area (Å²) >= 11 is 1.41. The van der Waals surface area contributed by atoms with Gasteiger partial charge in [-0.3, -0.25) is 9.59 Å². The largest absolute Gasteiger partial charge is 0.481 e. The molecule has 3 rings (SSSR count). The molecule has 8 heteroatoms. The number of hydrogen-bond acceptors (Lipinski definition) is 4. The molecule has 136 valence electrons. The van der Waals surface area contributed by atoms with Crippen LogP contribution in [-0.4, -0.2) is 40.0 Å². The molecule has 1 saturated heterocycles. The molecule has 0 bridgehead atoms. The maximum absolute atomic E-state index is 12.6. The topological polar surface area (TPSA) is 70.5 Å². The van der Waals surface area contributed by atoms with E-state index >= 15 is 0 Å². The Hall–Kier alpha value is -1.63. The van der Waals surface area contributed by atoms with Gasteiger partial charge in [0.15, 0.2) is 0 Å². The molecule has 0 spiro atoms. The number of benzene rings is 1. The van der Waals surface area contributed by atoms with Crippen LogP contribution in [-0.2, 0) is 11.2 Å². The average molecular weight is 403 g/mol. The van der Waals surface area contributed by atoms with Crippen molar-refractivity contribution in [3.8, 4) is 0 Å². The molecule has 0 saturated carbocycles. The summed E-state index contributed by atoms with van der Waals surface area (Å²) in [5, 5.41) is 9.97. The molecule has 1 unspecified atom stereocenters. The van der Waals surface area contributed by atoms with Gasteiger partial charge in [-0.05, 0) is 18.9 Å². The van der Waals surface area contributed by atoms with Gasteiger partial charge in [0.2, 0.25) is 0 Å². The molecule has 25 heavy (non-hydrogen) atoms. The number of carboxylic acid groups (broad SMARTS) is 1. The van der Waals surface area contributed by atoms with Crippen molar-refractivity contribution in [1.29, 1.82) is 0 Å². The van der Waals surface area contributed by atoms with Crippen molar-refractivity contribution in [2.45, 2.75) is 19.8 Å². The number of aromatic nitrogens is 1. The fraction of sp³-hybridized carbons (Fsp3) is 0.353. The van der Waals surface area contributed by atoms with E-state index in [1.807, 2.05) is 37.3 Å². The van der Waals surface area contributed by atoms with Gasteiger partial charge in [0.25, 0.3) is 5.91 Å². The number of rotatable bonds is 4. The van der Waals surface area contributed by atoms with Gasteiger partial charge in [0.05, 0.1) is 16.6 Å². The fourth-order valence-electron chi connectivity index (χ4n) is 2.79. The molecule has 5 nitrogen and oxygen atoms in total. The Morgan fingerprint density at radius 2 is 1.96 bits per heavy atom. The van der Waals surface area contributed by atoms with Crippen molar-refractivity contribution in [2.24, 2.45) is 5.92 Å². The summed E-state index contributed by atoms with van der Waals surface area (Å²) in [5.74, 6) is -1.37. The highest BCUT2D eigenvalue weighted by molar-refractivity contribution is 7.13. The monoisotopic (exact) mass is 402 g/mol. The number of carboxylic acids is 1. The van der Waals surface area contributed by atoms with E-state index in [1.165, 1.54) is 11.3 Å². The van der Waals surface area contributed by atoms with E-state index in [4.69, 9.17) is 5.11 Å². The Bertz CT molecular complexity index is 737. The van der Waals surface area contributed by atoms with Crippen LogP contribution >= 0.6 is 36.2 Å². The minimum absolute atomic E-state index is 0. The zero-order chi connectivity index (χ0) is 16.4. The van der Waals surface area contributed by atoms with Crippen LogP contribution in [0.15, 0.2) is 30.3 Å². The standard InChI is InChI=1S/C17H18N2O3S.2ClH/c1-11-15(16(20)19-8-7-13(10-19)17(21)22)23-14(18-11)9-12-5-3-2-4-6-12;;/h2-6,13H,7-10H2,1H3,(H,21,22);2*1H. The van der Waals surface area contributed by atoms with Gasteiger partial charge in [0.1, 0.15) is 4.88 Å². The highest BCUT2D eigenvalue weighted by atomic mass is 35.5. The molecule has 2 heterocycles. The van der Waals surface area contributed by atoms with Crippen molar-refractivity contribution >= 4 is 48.0 Å². The summed E-state index contributed by atoms with van der Waals surface area (Å²) in [5.41, 5.74) is 1.89. The van der Waals surface area contributed by atoms with Gasteiger partial charge in [-0.2, -0.15) is 0 Å². The summed E-state index contributed by atoms with van der Waals surface area (Å²) in [6, 6.07) is 10.0. The van der Waals surface area contributed by atoms with Crippen LogP contribution in [0.2, 0.25) is 0 Å². The Morgan fingerprint density at radius 1 is 1.28 bits per heavy atom. The molecule has 1 fully saturated rings. The van der Waals surface area contributed by atoms with Crippen LogP contribution in [0.1, 0.15) is 32.4 Å². The lowest BCUT2D eigenvalue weighted by atomic mass is 10.1. The van der Waals surface area contributed by atoms with Crippen LogP contribution < -0.4 is 0 Å². The molecule has 0 radical (unpaired) electrons. The minimum atomic E-state index is -0.828. The van der Waals surface area contributed by atoms with Crippen LogP contribution in [0.25, 0.3) is 0 Å². The quantitative estimate of drug-likeness (QED) is 0.849. The number of hydrogen-bond donors (Lipinski definition) is 1. The molecule has 1 atom stereocenters. The summed E-state index contributed by atoms with van der Waals surface area (Å²) in [4.78, 5) is 30.4. The zero-order valence-electron chi connectivity index (χ0n) is 13.7. The Labute approximate surface area is 162 Å². The molecule has 2 aromatic rings. The summed E-state index contributed by atoms with van der Waals surface area (Å²) in [6.07, 6.45) is 1.23. The van der Waals surface area contributed by atoms with Crippen molar-refractivity contribution < 1.29 is 14.7 Å².